The summed E-state index contributed by atoms with van der Waals surface area (Å²) in [5.74, 6) is -2.22. The van der Waals surface area contributed by atoms with Crippen molar-refractivity contribution in [1.82, 2.24) is 5.32 Å². The third-order valence-electron chi connectivity index (χ3n) is 5.56. The van der Waals surface area contributed by atoms with Crippen LogP contribution < -0.4 is 15.5 Å². The fraction of sp³-hybridized carbons (Fsp3) is 0.111. The van der Waals surface area contributed by atoms with E-state index in [1.165, 1.54) is 24.2 Å². The fourth-order valence-corrected chi connectivity index (χ4v) is 4.25. The molecule has 0 fully saturated rings. The van der Waals surface area contributed by atoms with Crippen LogP contribution in [0.2, 0.25) is 5.02 Å². The lowest BCUT2D eigenvalue weighted by Gasteiger charge is -2.17. The number of anilines is 2. The summed E-state index contributed by atoms with van der Waals surface area (Å²) in [6.45, 7) is 1.58. The quantitative estimate of drug-likeness (QED) is 0.239. The zero-order chi connectivity index (χ0) is 27.4. The number of furan rings is 1. The molecule has 4 rings (SSSR count). The molecule has 2 N–H and O–H groups in total. The number of nitrogens with zero attached hydrogens (tertiary/aromatic N) is 1. The molecule has 0 aliphatic carbocycles. The van der Waals surface area contributed by atoms with Crippen molar-refractivity contribution in [3.05, 3.63) is 98.5 Å². The molecule has 1 aliphatic rings. The van der Waals surface area contributed by atoms with E-state index >= 15 is 0 Å². The van der Waals surface area contributed by atoms with Crippen LogP contribution in [0.3, 0.4) is 0 Å². The standard InChI is InChI=1S/C27H21BrClN3O6/c1-15-23(27(36)37-2)22(26(35)32(15)19-8-6-16(28)7-9-19)13-20-10-11-21(38-20)14-30-24(33)25(34)31-18-5-3-4-17(29)12-18/h3-13H,14H2,1-2H3,(H,30,33)(H,31,34)/b22-13+. The minimum Gasteiger partial charge on any atom is -0.465 e. The minimum absolute atomic E-state index is 0.0807. The molecule has 3 aromatic rings. The van der Waals surface area contributed by atoms with E-state index in [0.717, 1.165) is 4.47 Å². The average molecular weight is 599 g/mol. The number of benzene rings is 2. The summed E-state index contributed by atoms with van der Waals surface area (Å²) in [6, 6.07) is 16.6. The number of hydrogen-bond donors (Lipinski definition) is 2. The lowest BCUT2D eigenvalue weighted by Crippen LogP contribution is -2.34. The van der Waals surface area contributed by atoms with E-state index in [1.807, 2.05) is 0 Å². The smallest absolute Gasteiger partial charge is 0.340 e. The molecule has 0 unspecified atom stereocenters. The van der Waals surface area contributed by atoms with E-state index < -0.39 is 23.7 Å². The Bertz CT molecular complexity index is 1490. The van der Waals surface area contributed by atoms with Gasteiger partial charge in [-0.05, 0) is 67.6 Å². The minimum atomic E-state index is -0.871. The number of methoxy groups -OCH3 is 1. The molecule has 0 spiro atoms. The molecule has 0 bridgehead atoms. The molecule has 2 heterocycles. The molecule has 38 heavy (non-hydrogen) atoms. The first kappa shape index (κ1) is 26.9. The first-order valence-electron chi connectivity index (χ1n) is 11.2. The van der Waals surface area contributed by atoms with Crippen LogP contribution in [0.5, 0.6) is 0 Å². The van der Waals surface area contributed by atoms with Gasteiger partial charge in [-0.25, -0.2) is 4.79 Å². The van der Waals surface area contributed by atoms with Crippen LogP contribution >= 0.6 is 27.5 Å². The Hall–Kier alpha value is -4.15. The van der Waals surface area contributed by atoms with Gasteiger partial charge in [0.05, 0.1) is 24.8 Å². The molecule has 3 amide bonds. The van der Waals surface area contributed by atoms with Crippen LogP contribution in [0.1, 0.15) is 18.4 Å². The lowest BCUT2D eigenvalue weighted by atomic mass is 10.1. The van der Waals surface area contributed by atoms with Crippen molar-refractivity contribution in [2.45, 2.75) is 13.5 Å². The lowest BCUT2D eigenvalue weighted by molar-refractivity contribution is -0.136. The van der Waals surface area contributed by atoms with Gasteiger partial charge >= 0.3 is 17.8 Å². The third-order valence-corrected chi connectivity index (χ3v) is 6.32. The predicted molar refractivity (Wildman–Crippen MR) is 145 cm³/mol. The monoisotopic (exact) mass is 597 g/mol. The van der Waals surface area contributed by atoms with Gasteiger partial charge in [0.1, 0.15) is 11.5 Å². The number of amides is 3. The Morgan fingerprint density at radius 3 is 2.50 bits per heavy atom. The predicted octanol–water partition coefficient (Wildman–Crippen LogP) is 4.83. The summed E-state index contributed by atoms with van der Waals surface area (Å²) in [5, 5.41) is 5.34. The summed E-state index contributed by atoms with van der Waals surface area (Å²) < 4.78 is 11.5. The Morgan fingerprint density at radius 1 is 1.08 bits per heavy atom. The van der Waals surface area contributed by atoms with E-state index in [-0.39, 0.29) is 23.5 Å². The number of carbonyl (C=O) groups excluding carboxylic acids is 4. The average Bonchev–Trinajstić information content (AvgIpc) is 3.44. The maximum absolute atomic E-state index is 13.3. The summed E-state index contributed by atoms with van der Waals surface area (Å²) in [5.41, 5.74) is 1.60. The van der Waals surface area contributed by atoms with Crippen molar-refractivity contribution in [3.63, 3.8) is 0 Å². The second-order valence-corrected chi connectivity index (χ2v) is 9.43. The molecule has 0 saturated carbocycles. The molecule has 0 atom stereocenters. The second-order valence-electron chi connectivity index (χ2n) is 8.08. The number of ether oxygens (including phenoxy) is 1. The molecular formula is C27H21BrClN3O6. The number of hydrogen-bond acceptors (Lipinski definition) is 6. The van der Waals surface area contributed by atoms with Gasteiger partial charge in [0.15, 0.2) is 0 Å². The number of rotatable bonds is 6. The van der Waals surface area contributed by atoms with E-state index in [0.29, 0.717) is 27.9 Å². The number of nitrogens with one attached hydrogen (secondary N) is 2. The second kappa shape index (κ2) is 11.5. The van der Waals surface area contributed by atoms with Gasteiger partial charge in [-0.1, -0.05) is 33.6 Å². The molecule has 0 radical (unpaired) electrons. The van der Waals surface area contributed by atoms with Crippen LogP contribution in [0.15, 0.2) is 86.4 Å². The van der Waals surface area contributed by atoms with E-state index in [9.17, 15) is 19.2 Å². The van der Waals surface area contributed by atoms with Gasteiger partial charge in [-0.2, -0.15) is 0 Å². The van der Waals surface area contributed by atoms with Crippen molar-refractivity contribution in [2.24, 2.45) is 0 Å². The van der Waals surface area contributed by atoms with Crippen molar-refractivity contribution < 1.29 is 28.3 Å². The molecule has 9 nitrogen and oxygen atoms in total. The first-order valence-corrected chi connectivity index (χ1v) is 12.4. The Balaban J connectivity index is 1.49. The van der Waals surface area contributed by atoms with Crippen molar-refractivity contribution >= 4 is 68.7 Å². The normalized spacial score (nSPS) is 14.2. The van der Waals surface area contributed by atoms with Crippen LogP contribution in [0.4, 0.5) is 11.4 Å². The van der Waals surface area contributed by atoms with E-state index in [4.69, 9.17) is 20.8 Å². The molecular weight excluding hydrogens is 578 g/mol. The molecule has 11 heteroatoms. The number of halogens is 2. The summed E-state index contributed by atoms with van der Waals surface area (Å²) in [7, 11) is 1.24. The topological polar surface area (TPSA) is 118 Å². The van der Waals surface area contributed by atoms with Gasteiger partial charge in [0, 0.05) is 26.6 Å². The highest BCUT2D eigenvalue weighted by Gasteiger charge is 2.38. The fourth-order valence-electron chi connectivity index (χ4n) is 3.79. The largest absolute Gasteiger partial charge is 0.465 e. The molecule has 1 aromatic heterocycles. The number of carbonyl (C=O) groups is 4. The zero-order valence-corrected chi connectivity index (χ0v) is 22.6. The Labute approximate surface area is 231 Å². The van der Waals surface area contributed by atoms with Crippen molar-refractivity contribution in [1.29, 1.82) is 0 Å². The zero-order valence-electron chi connectivity index (χ0n) is 20.2. The highest BCUT2D eigenvalue weighted by Crippen LogP contribution is 2.36. The number of allylic oxidation sites excluding steroid dienone is 1. The van der Waals surface area contributed by atoms with Gasteiger partial charge < -0.3 is 19.8 Å². The highest BCUT2D eigenvalue weighted by atomic mass is 79.9. The van der Waals surface area contributed by atoms with Gasteiger partial charge in [0.25, 0.3) is 5.91 Å². The molecule has 0 saturated heterocycles. The maximum Gasteiger partial charge on any atom is 0.340 e. The van der Waals surface area contributed by atoms with E-state index in [2.05, 4.69) is 26.6 Å². The first-order chi connectivity index (χ1) is 18.2. The SMILES string of the molecule is COC(=O)C1=C(C)N(c2ccc(Br)cc2)C(=O)/C1=C/c1ccc(CNC(=O)C(=O)Nc2cccc(Cl)c2)o1. The van der Waals surface area contributed by atoms with Gasteiger partial charge in [0.2, 0.25) is 0 Å². The van der Waals surface area contributed by atoms with Crippen LogP contribution in [0, 0.1) is 0 Å². The summed E-state index contributed by atoms with van der Waals surface area (Å²) in [4.78, 5) is 51.7. The summed E-state index contributed by atoms with van der Waals surface area (Å²) in [6.07, 6.45) is 1.44. The van der Waals surface area contributed by atoms with Crippen LogP contribution in [-0.4, -0.2) is 30.8 Å². The van der Waals surface area contributed by atoms with Crippen LogP contribution in [0.25, 0.3) is 6.08 Å². The maximum atomic E-state index is 13.3. The molecule has 1 aliphatic heterocycles. The highest BCUT2D eigenvalue weighted by molar-refractivity contribution is 9.10. The third kappa shape index (κ3) is 5.87. The van der Waals surface area contributed by atoms with Gasteiger partial charge in [-0.3, -0.25) is 19.3 Å². The van der Waals surface area contributed by atoms with Crippen molar-refractivity contribution in [3.8, 4) is 0 Å². The van der Waals surface area contributed by atoms with E-state index in [1.54, 1.807) is 61.5 Å². The van der Waals surface area contributed by atoms with Gasteiger partial charge in [-0.15, -0.1) is 0 Å². The molecule has 194 valence electrons. The molecule has 2 aromatic carbocycles. The summed E-state index contributed by atoms with van der Waals surface area (Å²) >= 11 is 9.25. The van der Waals surface area contributed by atoms with Crippen LogP contribution in [-0.2, 0) is 30.5 Å². The Morgan fingerprint density at radius 2 is 1.82 bits per heavy atom. The van der Waals surface area contributed by atoms with Crippen molar-refractivity contribution in [2.75, 3.05) is 17.3 Å². The Kier molecular flexibility index (Phi) is 8.13. The number of esters is 1.